The molecule has 1 aromatic carbocycles. The van der Waals surface area contributed by atoms with E-state index in [-0.39, 0.29) is 0 Å². The summed E-state index contributed by atoms with van der Waals surface area (Å²) in [7, 11) is 4.39. The first-order chi connectivity index (χ1) is 9.70. The number of fused-ring (bicyclic) bond motifs is 1. The fourth-order valence-electron chi connectivity index (χ4n) is 3.23. The maximum atomic E-state index is 4.70. The Labute approximate surface area is 121 Å². The average molecular weight is 269 g/mol. The molecule has 3 nitrogen and oxygen atoms in total. The van der Waals surface area contributed by atoms with Crippen LogP contribution < -0.4 is 5.32 Å². The van der Waals surface area contributed by atoms with Crippen molar-refractivity contribution in [2.45, 2.75) is 31.2 Å². The van der Waals surface area contributed by atoms with Gasteiger partial charge in [-0.3, -0.25) is 0 Å². The zero-order valence-corrected chi connectivity index (χ0v) is 12.4. The van der Waals surface area contributed by atoms with Gasteiger partial charge in [-0.25, -0.2) is 4.98 Å². The third kappa shape index (κ3) is 2.50. The van der Waals surface area contributed by atoms with Crippen LogP contribution in [0.3, 0.4) is 0 Å². The molecule has 1 N–H and O–H groups in total. The van der Waals surface area contributed by atoms with E-state index in [4.69, 9.17) is 4.98 Å². The number of anilines is 1. The summed E-state index contributed by atoms with van der Waals surface area (Å²) in [6.45, 7) is 0.978. The second-order valence-electron chi connectivity index (χ2n) is 6.07. The smallest absolute Gasteiger partial charge is 0.126 e. The fraction of sp³-hybridized carbons (Fsp3) is 0.471. The number of rotatable bonds is 4. The SMILES string of the molecule is CN(C)C1(CNc2ccc3ccccc3n2)CCCC1. The standard InChI is InChI=1S/C17H23N3/c1-20(2)17(11-5-6-12-17)13-18-16-10-9-14-7-3-4-8-15(14)19-16/h3-4,7-10H,5-6,11-13H2,1-2H3,(H,18,19). The highest BCUT2D eigenvalue weighted by molar-refractivity contribution is 5.80. The second-order valence-corrected chi connectivity index (χ2v) is 6.07. The van der Waals surface area contributed by atoms with Gasteiger partial charge in [0.1, 0.15) is 5.82 Å². The number of benzene rings is 1. The van der Waals surface area contributed by atoms with Gasteiger partial charge in [0.15, 0.2) is 0 Å². The van der Waals surface area contributed by atoms with Crippen molar-refractivity contribution in [3.8, 4) is 0 Å². The van der Waals surface area contributed by atoms with Crippen LogP contribution >= 0.6 is 0 Å². The number of hydrogen-bond acceptors (Lipinski definition) is 3. The lowest BCUT2D eigenvalue weighted by Crippen LogP contribution is -2.47. The Morgan fingerprint density at radius 2 is 1.85 bits per heavy atom. The molecular formula is C17H23N3. The first-order valence-corrected chi connectivity index (χ1v) is 7.47. The number of nitrogens with zero attached hydrogens (tertiary/aromatic N) is 2. The van der Waals surface area contributed by atoms with Crippen molar-refractivity contribution in [3.05, 3.63) is 36.4 Å². The van der Waals surface area contributed by atoms with Crippen LogP contribution in [0.15, 0.2) is 36.4 Å². The number of pyridine rings is 1. The molecule has 0 saturated heterocycles. The normalized spacial score (nSPS) is 17.8. The number of aromatic nitrogens is 1. The average Bonchev–Trinajstić information content (AvgIpc) is 2.95. The summed E-state index contributed by atoms with van der Waals surface area (Å²) in [6.07, 6.45) is 5.23. The minimum absolute atomic E-state index is 0.299. The monoisotopic (exact) mass is 269 g/mol. The summed E-state index contributed by atoms with van der Waals surface area (Å²) < 4.78 is 0. The van der Waals surface area contributed by atoms with Gasteiger partial charge in [-0.15, -0.1) is 0 Å². The third-order valence-electron chi connectivity index (χ3n) is 4.68. The first kappa shape index (κ1) is 13.4. The van der Waals surface area contributed by atoms with Gasteiger partial charge >= 0.3 is 0 Å². The van der Waals surface area contributed by atoms with E-state index in [0.717, 1.165) is 17.9 Å². The molecule has 0 aliphatic heterocycles. The van der Waals surface area contributed by atoms with E-state index in [0.29, 0.717) is 5.54 Å². The van der Waals surface area contributed by atoms with Crippen molar-refractivity contribution < 1.29 is 0 Å². The van der Waals surface area contributed by atoms with Crippen LogP contribution in [0.25, 0.3) is 10.9 Å². The van der Waals surface area contributed by atoms with Crippen LogP contribution in [0.2, 0.25) is 0 Å². The molecule has 1 heterocycles. The fourth-order valence-corrected chi connectivity index (χ4v) is 3.23. The van der Waals surface area contributed by atoms with Gasteiger partial charge in [0, 0.05) is 17.5 Å². The summed E-state index contributed by atoms with van der Waals surface area (Å²) in [4.78, 5) is 7.08. The number of hydrogen-bond donors (Lipinski definition) is 1. The number of likely N-dealkylation sites (N-methyl/N-ethyl adjacent to an activating group) is 1. The van der Waals surface area contributed by atoms with Crippen LogP contribution in [-0.4, -0.2) is 36.1 Å². The molecule has 2 aromatic rings. The Morgan fingerprint density at radius 1 is 1.10 bits per heavy atom. The van der Waals surface area contributed by atoms with E-state index in [1.54, 1.807) is 0 Å². The first-order valence-electron chi connectivity index (χ1n) is 7.47. The van der Waals surface area contributed by atoms with Gasteiger partial charge < -0.3 is 10.2 Å². The Hall–Kier alpha value is -1.61. The van der Waals surface area contributed by atoms with Crippen LogP contribution in [-0.2, 0) is 0 Å². The molecule has 1 fully saturated rings. The summed E-state index contributed by atoms with van der Waals surface area (Å²) in [5.74, 6) is 0.983. The molecular weight excluding hydrogens is 246 g/mol. The van der Waals surface area contributed by atoms with Crippen molar-refractivity contribution in [2.75, 3.05) is 26.0 Å². The molecule has 3 heteroatoms. The Bertz CT molecular complexity index is 586. The lowest BCUT2D eigenvalue weighted by molar-refractivity contribution is 0.172. The van der Waals surface area contributed by atoms with Gasteiger partial charge in [0.05, 0.1) is 5.52 Å². The molecule has 0 atom stereocenters. The highest BCUT2D eigenvalue weighted by atomic mass is 15.2. The molecule has 1 aliphatic rings. The summed E-state index contributed by atoms with van der Waals surface area (Å²) in [5.41, 5.74) is 1.36. The minimum Gasteiger partial charge on any atom is -0.368 e. The summed E-state index contributed by atoms with van der Waals surface area (Å²) in [5, 5.41) is 4.74. The lowest BCUT2D eigenvalue weighted by atomic mass is 9.96. The van der Waals surface area contributed by atoms with Crippen molar-refractivity contribution in [2.24, 2.45) is 0 Å². The number of nitrogens with one attached hydrogen (secondary N) is 1. The highest BCUT2D eigenvalue weighted by Gasteiger charge is 2.35. The Balaban J connectivity index is 1.76. The Morgan fingerprint density at radius 3 is 2.60 bits per heavy atom. The molecule has 0 amide bonds. The van der Waals surface area contributed by atoms with Crippen LogP contribution in [0.5, 0.6) is 0 Å². The van der Waals surface area contributed by atoms with E-state index < -0.39 is 0 Å². The predicted octanol–water partition coefficient (Wildman–Crippen LogP) is 3.52. The maximum Gasteiger partial charge on any atom is 0.126 e. The Kier molecular flexibility index (Phi) is 3.62. The van der Waals surface area contributed by atoms with Gasteiger partial charge in [0.25, 0.3) is 0 Å². The molecule has 0 bridgehead atoms. The van der Waals surface area contributed by atoms with E-state index in [1.165, 1.54) is 31.1 Å². The largest absolute Gasteiger partial charge is 0.368 e. The second kappa shape index (κ2) is 5.41. The van der Waals surface area contributed by atoms with Crippen LogP contribution in [0.4, 0.5) is 5.82 Å². The highest BCUT2D eigenvalue weighted by Crippen LogP contribution is 2.33. The predicted molar refractivity (Wildman–Crippen MR) is 85.1 cm³/mol. The third-order valence-corrected chi connectivity index (χ3v) is 4.68. The molecule has 106 valence electrons. The van der Waals surface area contributed by atoms with Crippen LogP contribution in [0, 0.1) is 0 Å². The molecule has 0 radical (unpaired) electrons. The van der Waals surface area contributed by atoms with Gasteiger partial charge in [-0.2, -0.15) is 0 Å². The number of para-hydroxylation sites is 1. The molecule has 1 saturated carbocycles. The van der Waals surface area contributed by atoms with Gasteiger partial charge in [-0.1, -0.05) is 31.0 Å². The molecule has 0 spiro atoms. The van der Waals surface area contributed by atoms with Crippen molar-refractivity contribution in [1.29, 1.82) is 0 Å². The molecule has 0 unspecified atom stereocenters. The van der Waals surface area contributed by atoms with E-state index in [2.05, 4.69) is 54.6 Å². The van der Waals surface area contributed by atoms with Crippen molar-refractivity contribution in [1.82, 2.24) is 9.88 Å². The van der Waals surface area contributed by atoms with Gasteiger partial charge in [0.2, 0.25) is 0 Å². The van der Waals surface area contributed by atoms with E-state index in [9.17, 15) is 0 Å². The maximum absolute atomic E-state index is 4.70. The molecule has 3 rings (SSSR count). The van der Waals surface area contributed by atoms with E-state index in [1.807, 2.05) is 6.07 Å². The molecule has 20 heavy (non-hydrogen) atoms. The van der Waals surface area contributed by atoms with Crippen molar-refractivity contribution >= 4 is 16.7 Å². The quantitative estimate of drug-likeness (QED) is 0.920. The zero-order chi connectivity index (χ0) is 14.0. The summed E-state index contributed by atoms with van der Waals surface area (Å²) in [6, 6.07) is 12.5. The topological polar surface area (TPSA) is 28.2 Å². The van der Waals surface area contributed by atoms with Crippen LogP contribution in [0.1, 0.15) is 25.7 Å². The minimum atomic E-state index is 0.299. The molecule has 1 aromatic heterocycles. The van der Waals surface area contributed by atoms with Gasteiger partial charge in [-0.05, 0) is 45.1 Å². The summed E-state index contributed by atoms with van der Waals surface area (Å²) >= 11 is 0. The molecule has 1 aliphatic carbocycles. The van der Waals surface area contributed by atoms with E-state index >= 15 is 0 Å². The van der Waals surface area contributed by atoms with Crippen molar-refractivity contribution in [3.63, 3.8) is 0 Å². The zero-order valence-electron chi connectivity index (χ0n) is 12.4. The lowest BCUT2D eigenvalue weighted by Gasteiger charge is -2.36.